The van der Waals surface area contributed by atoms with Crippen LogP contribution in [0.4, 0.5) is 5.69 Å². The quantitative estimate of drug-likeness (QED) is 0.868. The zero-order chi connectivity index (χ0) is 16.2. The van der Waals surface area contributed by atoms with Gasteiger partial charge in [-0.25, -0.2) is 0 Å². The smallest absolute Gasteiger partial charge is 0.265 e. The molecule has 0 aliphatic carbocycles. The fourth-order valence-corrected chi connectivity index (χ4v) is 2.97. The first-order valence-electron chi connectivity index (χ1n) is 7.86. The van der Waals surface area contributed by atoms with Crippen molar-refractivity contribution in [3.05, 3.63) is 54.1 Å². The molecule has 1 unspecified atom stereocenters. The van der Waals surface area contributed by atoms with Crippen molar-refractivity contribution in [3.8, 4) is 11.5 Å². The van der Waals surface area contributed by atoms with Crippen LogP contribution < -0.4 is 14.4 Å². The number of anilines is 1. The number of carbonyl (C=O) groups is 1. The minimum absolute atomic E-state index is 0.0197. The second kappa shape index (κ2) is 6.73. The van der Waals surface area contributed by atoms with E-state index in [9.17, 15) is 4.79 Å². The van der Waals surface area contributed by atoms with Gasteiger partial charge in [-0.1, -0.05) is 24.3 Å². The average molecular weight is 311 g/mol. The number of para-hydroxylation sites is 1. The van der Waals surface area contributed by atoms with Crippen LogP contribution in [0.1, 0.15) is 18.9 Å². The number of hydrogen-bond donors (Lipinski definition) is 0. The molecule has 1 aliphatic rings. The van der Waals surface area contributed by atoms with Gasteiger partial charge >= 0.3 is 0 Å². The molecule has 120 valence electrons. The number of nitrogens with zero attached hydrogens (tertiary/aromatic N) is 1. The summed E-state index contributed by atoms with van der Waals surface area (Å²) in [4.78, 5) is 14.5. The number of fused-ring (bicyclic) bond motifs is 1. The lowest BCUT2D eigenvalue weighted by Gasteiger charge is -2.35. The molecule has 0 radical (unpaired) electrons. The third-order valence-electron chi connectivity index (χ3n) is 4.20. The van der Waals surface area contributed by atoms with E-state index in [1.165, 1.54) is 5.56 Å². The summed E-state index contributed by atoms with van der Waals surface area (Å²) >= 11 is 0. The lowest BCUT2D eigenvalue weighted by atomic mass is 9.96. The molecule has 1 atom stereocenters. The fraction of sp³-hybridized carbons (Fsp3) is 0.316. The van der Waals surface area contributed by atoms with E-state index in [0.29, 0.717) is 11.5 Å². The second-order valence-electron chi connectivity index (χ2n) is 5.75. The van der Waals surface area contributed by atoms with Crippen molar-refractivity contribution in [1.82, 2.24) is 0 Å². The Labute approximate surface area is 136 Å². The summed E-state index contributed by atoms with van der Waals surface area (Å²) in [5, 5.41) is 0. The van der Waals surface area contributed by atoms with Crippen LogP contribution in [0, 0.1) is 0 Å². The van der Waals surface area contributed by atoms with Crippen LogP contribution in [-0.4, -0.2) is 25.7 Å². The van der Waals surface area contributed by atoms with E-state index in [4.69, 9.17) is 9.47 Å². The van der Waals surface area contributed by atoms with Crippen LogP contribution in [0.15, 0.2) is 48.5 Å². The highest BCUT2D eigenvalue weighted by molar-refractivity contribution is 5.96. The first kappa shape index (κ1) is 15.4. The molecule has 1 heterocycles. The first-order valence-corrected chi connectivity index (χ1v) is 7.86. The Morgan fingerprint density at radius 1 is 1.17 bits per heavy atom. The van der Waals surface area contributed by atoms with Crippen molar-refractivity contribution in [1.29, 1.82) is 0 Å². The van der Waals surface area contributed by atoms with Gasteiger partial charge in [-0.2, -0.15) is 0 Å². The normalized spacial score (nSPS) is 16.6. The van der Waals surface area contributed by atoms with Gasteiger partial charge < -0.3 is 14.4 Å². The number of amides is 1. The third-order valence-corrected chi connectivity index (χ3v) is 4.20. The van der Waals surface area contributed by atoms with E-state index in [0.717, 1.165) is 18.5 Å². The molecule has 0 fully saturated rings. The van der Waals surface area contributed by atoms with Gasteiger partial charge in [-0.05, 0) is 43.5 Å². The van der Waals surface area contributed by atoms with Crippen LogP contribution in [0.2, 0.25) is 0 Å². The number of rotatable bonds is 4. The van der Waals surface area contributed by atoms with Crippen LogP contribution in [0.25, 0.3) is 0 Å². The highest BCUT2D eigenvalue weighted by atomic mass is 16.5. The van der Waals surface area contributed by atoms with Crippen molar-refractivity contribution in [2.45, 2.75) is 25.8 Å². The maximum atomic E-state index is 12.7. The Bertz CT molecular complexity index is 699. The average Bonchev–Trinajstić information content (AvgIpc) is 2.59. The molecule has 4 heteroatoms. The van der Waals surface area contributed by atoms with Crippen molar-refractivity contribution in [2.75, 3.05) is 18.6 Å². The predicted octanol–water partition coefficient (Wildman–Crippen LogP) is 3.44. The van der Waals surface area contributed by atoms with E-state index in [1.54, 1.807) is 13.2 Å². The Balaban J connectivity index is 1.73. The molecule has 0 spiro atoms. The van der Waals surface area contributed by atoms with Crippen molar-refractivity contribution in [2.24, 2.45) is 0 Å². The van der Waals surface area contributed by atoms with E-state index in [1.807, 2.05) is 41.3 Å². The van der Waals surface area contributed by atoms with E-state index in [2.05, 4.69) is 13.0 Å². The van der Waals surface area contributed by atoms with Gasteiger partial charge in [0.1, 0.15) is 11.5 Å². The van der Waals surface area contributed by atoms with Gasteiger partial charge in [0.15, 0.2) is 6.61 Å². The molecule has 0 aromatic heterocycles. The summed E-state index contributed by atoms with van der Waals surface area (Å²) in [6, 6.07) is 15.6. The summed E-state index contributed by atoms with van der Waals surface area (Å²) in [6.45, 7) is 2.10. The van der Waals surface area contributed by atoms with Crippen molar-refractivity contribution >= 4 is 11.6 Å². The molecule has 2 aromatic rings. The van der Waals surface area contributed by atoms with E-state index >= 15 is 0 Å². The maximum Gasteiger partial charge on any atom is 0.265 e. The molecule has 1 aliphatic heterocycles. The number of ether oxygens (including phenoxy) is 2. The Morgan fingerprint density at radius 3 is 2.78 bits per heavy atom. The summed E-state index contributed by atoms with van der Waals surface area (Å²) in [6.07, 6.45) is 1.99. The SMILES string of the molecule is COc1cccc(OCC(=O)N2c3ccccc3CCC2C)c1. The molecule has 23 heavy (non-hydrogen) atoms. The fourth-order valence-electron chi connectivity index (χ4n) is 2.97. The highest BCUT2D eigenvalue weighted by Crippen LogP contribution is 2.30. The molecule has 0 bridgehead atoms. The molecule has 0 saturated carbocycles. The second-order valence-corrected chi connectivity index (χ2v) is 5.75. The van der Waals surface area contributed by atoms with E-state index in [-0.39, 0.29) is 18.6 Å². The van der Waals surface area contributed by atoms with Gasteiger partial charge in [0.05, 0.1) is 7.11 Å². The molecule has 4 nitrogen and oxygen atoms in total. The van der Waals surface area contributed by atoms with Crippen molar-refractivity contribution in [3.63, 3.8) is 0 Å². The molecule has 0 N–H and O–H groups in total. The van der Waals surface area contributed by atoms with Crippen LogP contribution in [0.5, 0.6) is 11.5 Å². The van der Waals surface area contributed by atoms with Gasteiger partial charge in [-0.3, -0.25) is 4.79 Å². The van der Waals surface area contributed by atoms with Gasteiger partial charge in [0.25, 0.3) is 5.91 Å². The predicted molar refractivity (Wildman–Crippen MR) is 90.2 cm³/mol. The molecular weight excluding hydrogens is 290 g/mol. The van der Waals surface area contributed by atoms with Gasteiger partial charge in [0.2, 0.25) is 0 Å². The number of benzene rings is 2. The molecule has 1 amide bonds. The minimum atomic E-state index is -0.0209. The molecular formula is C19H21NO3. The number of carbonyl (C=O) groups excluding carboxylic acids is 1. The monoisotopic (exact) mass is 311 g/mol. The Kier molecular flexibility index (Phi) is 4.51. The van der Waals surface area contributed by atoms with E-state index < -0.39 is 0 Å². The first-order chi connectivity index (χ1) is 11.2. The highest BCUT2D eigenvalue weighted by Gasteiger charge is 2.28. The standard InChI is InChI=1S/C19H21NO3/c1-14-10-11-15-6-3-4-9-18(15)20(14)19(21)13-23-17-8-5-7-16(12-17)22-2/h3-9,12,14H,10-11,13H2,1-2H3. The van der Waals surface area contributed by atoms with Crippen LogP contribution >= 0.6 is 0 Å². The molecule has 2 aromatic carbocycles. The largest absolute Gasteiger partial charge is 0.497 e. The molecule has 0 saturated heterocycles. The third kappa shape index (κ3) is 3.31. The van der Waals surface area contributed by atoms with Crippen molar-refractivity contribution < 1.29 is 14.3 Å². The zero-order valence-corrected chi connectivity index (χ0v) is 13.5. The van der Waals surface area contributed by atoms with Crippen LogP contribution in [-0.2, 0) is 11.2 Å². The Morgan fingerprint density at radius 2 is 1.96 bits per heavy atom. The summed E-state index contributed by atoms with van der Waals surface area (Å²) in [7, 11) is 1.61. The zero-order valence-electron chi connectivity index (χ0n) is 13.5. The lowest BCUT2D eigenvalue weighted by Crippen LogP contribution is -2.44. The summed E-state index contributed by atoms with van der Waals surface area (Å²) in [5.74, 6) is 1.33. The Hall–Kier alpha value is -2.49. The lowest BCUT2D eigenvalue weighted by molar-refractivity contribution is -0.121. The van der Waals surface area contributed by atoms with Gasteiger partial charge in [-0.15, -0.1) is 0 Å². The topological polar surface area (TPSA) is 38.8 Å². The number of aryl methyl sites for hydroxylation is 1. The summed E-state index contributed by atoms with van der Waals surface area (Å²) in [5.41, 5.74) is 2.23. The minimum Gasteiger partial charge on any atom is -0.497 e. The summed E-state index contributed by atoms with van der Waals surface area (Å²) < 4.78 is 10.8. The number of hydrogen-bond acceptors (Lipinski definition) is 3. The van der Waals surface area contributed by atoms with Crippen LogP contribution in [0.3, 0.4) is 0 Å². The molecule has 3 rings (SSSR count). The number of methoxy groups -OCH3 is 1. The maximum absolute atomic E-state index is 12.7. The van der Waals surface area contributed by atoms with Gasteiger partial charge in [0, 0.05) is 17.8 Å².